The van der Waals surface area contributed by atoms with E-state index in [1.165, 1.54) is 6.07 Å². The van der Waals surface area contributed by atoms with Crippen LogP contribution < -0.4 is 31.3 Å². The molecule has 0 spiro atoms. The number of carbonyl (C=O) groups excluding carboxylic acids is 3. The molecule has 0 atom stereocenters. The van der Waals surface area contributed by atoms with Crippen LogP contribution in [0.15, 0.2) is 23.3 Å². The predicted octanol–water partition coefficient (Wildman–Crippen LogP) is -0.221. The molecular weight excluding hydrogens is 480 g/mol. The fourth-order valence-electron chi connectivity index (χ4n) is 3.00. The molecule has 3 rings (SSSR count). The van der Waals surface area contributed by atoms with E-state index in [-0.39, 0.29) is 16.5 Å². The Morgan fingerprint density at radius 2 is 1.85 bits per heavy atom. The molecule has 0 N–H and O–H groups in total. The summed E-state index contributed by atoms with van der Waals surface area (Å²) in [7, 11) is 0. The average Bonchev–Trinajstić information content (AvgIpc) is 2.86. The van der Waals surface area contributed by atoms with Crippen LogP contribution in [-0.2, 0) is 17.4 Å². The molecular formula is C17H15ClFINO5-. The Morgan fingerprint density at radius 3 is 2.42 bits per heavy atom. The van der Waals surface area contributed by atoms with Crippen molar-refractivity contribution < 1.29 is 48.2 Å². The van der Waals surface area contributed by atoms with E-state index in [4.69, 9.17) is 19.4 Å². The summed E-state index contributed by atoms with van der Waals surface area (Å²) >= 11 is 5.27. The number of amides is 2. The second-order valence-electron chi connectivity index (χ2n) is 5.74. The molecule has 1 aliphatic heterocycles. The average molecular weight is 495 g/mol. The van der Waals surface area contributed by atoms with Gasteiger partial charge in [-0.1, -0.05) is 0 Å². The Labute approximate surface area is 165 Å². The predicted molar refractivity (Wildman–Crippen MR) is 86.9 cm³/mol. The molecule has 6 nitrogen and oxygen atoms in total. The van der Waals surface area contributed by atoms with E-state index < -0.39 is 51.8 Å². The summed E-state index contributed by atoms with van der Waals surface area (Å²) in [5, 5.41) is -0.0675. The van der Waals surface area contributed by atoms with E-state index in [9.17, 15) is 18.8 Å². The molecule has 0 saturated carbocycles. The molecule has 0 radical (unpaired) electrons. The van der Waals surface area contributed by atoms with Gasteiger partial charge in [-0.3, -0.25) is 0 Å². The molecule has 0 saturated heterocycles. The van der Waals surface area contributed by atoms with Crippen molar-refractivity contribution >= 4 is 35.1 Å². The van der Waals surface area contributed by atoms with Crippen molar-refractivity contribution in [1.29, 1.82) is 0 Å². The van der Waals surface area contributed by atoms with Crippen molar-refractivity contribution in [2.75, 3.05) is 16.4 Å². The van der Waals surface area contributed by atoms with E-state index in [2.05, 4.69) is 0 Å². The summed E-state index contributed by atoms with van der Waals surface area (Å²) in [5.74, 6) is -2.39. The van der Waals surface area contributed by atoms with Gasteiger partial charge in [-0.25, -0.2) is 0 Å². The third kappa shape index (κ3) is 3.57. The number of rotatable bonds is 5. The van der Waals surface area contributed by atoms with Gasteiger partial charge in [0.15, 0.2) is 0 Å². The molecule has 0 unspecified atom stereocenters. The molecule has 2 aliphatic rings. The normalized spacial score (nSPS) is 17.0. The van der Waals surface area contributed by atoms with Gasteiger partial charge in [0.05, 0.1) is 0 Å². The summed E-state index contributed by atoms with van der Waals surface area (Å²) in [6.45, 7) is -0.394. The van der Waals surface area contributed by atoms with Crippen LogP contribution in [0.1, 0.15) is 25.7 Å². The van der Waals surface area contributed by atoms with Gasteiger partial charge in [-0.05, 0) is 0 Å². The SMILES string of the molecule is C[I-]OC(=O)COc1cc(N2C(=O)C3=C(CCCC3)C2=O)c(F)cc1Cl. The number of hydrogen-bond donors (Lipinski definition) is 0. The minimum absolute atomic E-state index is 0.000193. The molecule has 1 aromatic rings. The molecule has 9 heteroatoms. The molecule has 0 fully saturated rings. The number of nitrogens with zero attached hydrogens (tertiary/aromatic N) is 1. The molecule has 140 valence electrons. The van der Waals surface area contributed by atoms with Crippen LogP contribution in [0.2, 0.25) is 5.02 Å². The van der Waals surface area contributed by atoms with Gasteiger partial charge in [0.25, 0.3) is 0 Å². The van der Waals surface area contributed by atoms with Gasteiger partial charge in [0.1, 0.15) is 0 Å². The fraction of sp³-hybridized carbons (Fsp3) is 0.353. The first-order valence-corrected chi connectivity index (χ1v) is 11.3. The standard InChI is InChI=1S/C17H15ClFINO5/c1-20-26-15(22)8-25-14-7-13(12(19)6-11(14)18)21-16(23)9-4-2-3-5-10(9)17(21)24/h6-7H,2-5,8H2,1H3/q-1. The molecule has 26 heavy (non-hydrogen) atoms. The summed E-state index contributed by atoms with van der Waals surface area (Å²) in [4.78, 5) is 39.2. The zero-order chi connectivity index (χ0) is 18.8. The van der Waals surface area contributed by atoms with Gasteiger partial charge < -0.3 is 0 Å². The van der Waals surface area contributed by atoms with Gasteiger partial charge in [0, 0.05) is 0 Å². The molecule has 1 aromatic carbocycles. The van der Waals surface area contributed by atoms with Crippen molar-refractivity contribution in [3.05, 3.63) is 34.1 Å². The van der Waals surface area contributed by atoms with Crippen LogP contribution >= 0.6 is 11.6 Å². The first kappa shape index (κ1) is 19.1. The molecule has 0 bridgehead atoms. The van der Waals surface area contributed by atoms with Crippen molar-refractivity contribution in [2.45, 2.75) is 25.7 Å². The number of halogens is 3. The van der Waals surface area contributed by atoms with E-state index in [1.54, 1.807) is 4.93 Å². The zero-order valence-corrected chi connectivity index (χ0v) is 16.7. The van der Waals surface area contributed by atoms with Crippen LogP contribution in [0.3, 0.4) is 0 Å². The first-order chi connectivity index (χ1) is 12.4. The van der Waals surface area contributed by atoms with Crippen molar-refractivity contribution in [1.82, 2.24) is 0 Å². The van der Waals surface area contributed by atoms with Crippen LogP contribution in [0.4, 0.5) is 10.1 Å². The summed E-state index contributed by atoms with van der Waals surface area (Å²) < 4.78 is 24.6. The minimum atomic E-state index is -0.814. The number of alkyl halides is 1. The zero-order valence-electron chi connectivity index (χ0n) is 13.8. The van der Waals surface area contributed by atoms with Crippen molar-refractivity contribution in [2.24, 2.45) is 0 Å². The quantitative estimate of drug-likeness (QED) is 0.322. The second-order valence-corrected chi connectivity index (χ2v) is 7.46. The fourth-order valence-corrected chi connectivity index (χ4v) is 3.83. The second kappa shape index (κ2) is 7.91. The molecule has 2 amide bonds. The van der Waals surface area contributed by atoms with Gasteiger partial charge in [0.2, 0.25) is 0 Å². The maximum atomic E-state index is 14.4. The number of hydrogen-bond acceptors (Lipinski definition) is 5. The van der Waals surface area contributed by atoms with Crippen molar-refractivity contribution in [3.63, 3.8) is 0 Å². The van der Waals surface area contributed by atoms with E-state index >= 15 is 0 Å². The first-order valence-electron chi connectivity index (χ1n) is 7.86. The molecule has 0 aromatic heterocycles. The van der Waals surface area contributed by atoms with E-state index in [1.807, 2.05) is 0 Å². The summed E-state index contributed by atoms with van der Waals surface area (Å²) in [5.41, 5.74) is 0.673. The van der Waals surface area contributed by atoms with Crippen LogP contribution in [-0.4, -0.2) is 29.3 Å². The Hall–Kier alpha value is -1.68. The van der Waals surface area contributed by atoms with E-state index in [0.717, 1.165) is 23.8 Å². The molecule has 1 heterocycles. The van der Waals surface area contributed by atoms with Crippen molar-refractivity contribution in [3.8, 4) is 5.75 Å². The van der Waals surface area contributed by atoms with Gasteiger partial charge >= 0.3 is 165 Å². The van der Waals surface area contributed by atoms with Gasteiger partial charge in [-0.15, -0.1) is 0 Å². The maximum absolute atomic E-state index is 14.4. The number of benzene rings is 1. The Balaban J connectivity index is 1.88. The number of carbonyl (C=O) groups is 3. The molecule has 1 aliphatic carbocycles. The topological polar surface area (TPSA) is 72.9 Å². The van der Waals surface area contributed by atoms with Gasteiger partial charge in [-0.2, -0.15) is 0 Å². The third-order valence-electron chi connectivity index (χ3n) is 4.14. The number of ether oxygens (including phenoxy) is 1. The number of anilines is 1. The third-order valence-corrected chi connectivity index (χ3v) is 5.37. The Morgan fingerprint density at radius 1 is 1.23 bits per heavy atom. The monoisotopic (exact) mass is 494 g/mol. The Bertz CT molecular complexity index is 798. The van der Waals surface area contributed by atoms with E-state index in [0.29, 0.717) is 24.0 Å². The van der Waals surface area contributed by atoms with Crippen LogP contribution in [0.5, 0.6) is 5.75 Å². The van der Waals surface area contributed by atoms with Crippen LogP contribution in [0, 0.1) is 5.82 Å². The number of imide groups is 1. The summed E-state index contributed by atoms with van der Waals surface area (Å²) in [6.07, 6.45) is 2.68. The Kier molecular flexibility index (Phi) is 5.81. The van der Waals surface area contributed by atoms with Crippen LogP contribution in [0.25, 0.3) is 0 Å². The summed E-state index contributed by atoms with van der Waals surface area (Å²) in [6, 6.07) is 2.13.